The van der Waals surface area contributed by atoms with Crippen molar-refractivity contribution in [3.63, 3.8) is 0 Å². The first-order valence-corrected chi connectivity index (χ1v) is 9.03. The summed E-state index contributed by atoms with van der Waals surface area (Å²) in [5.74, 6) is 0.915. The van der Waals surface area contributed by atoms with Gasteiger partial charge in [-0.15, -0.1) is 0 Å². The summed E-state index contributed by atoms with van der Waals surface area (Å²) < 4.78 is 22.9. The first-order valence-electron chi connectivity index (χ1n) is 7.21. The van der Waals surface area contributed by atoms with Gasteiger partial charge in [-0.05, 0) is 31.1 Å². The van der Waals surface area contributed by atoms with Gasteiger partial charge >= 0.3 is 0 Å². The average Bonchev–Trinajstić information content (AvgIpc) is 2.92. The number of nitrogens with two attached hydrogens (primary N) is 1. The first-order chi connectivity index (χ1) is 8.96. The summed E-state index contributed by atoms with van der Waals surface area (Å²) in [5, 5.41) is 0. The highest BCUT2D eigenvalue weighted by atomic mass is 32.2. The molecule has 0 bridgehead atoms. The molecule has 2 saturated heterocycles. The van der Waals surface area contributed by atoms with Gasteiger partial charge in [0.05, 0.1) is 17.4 Å². The predicted molar refractivity (Wildman–Crippen MR) is 72.1 cm³/mol. The van der Waals surface area contributed by atoms with Crippen molar-refractivity contribution in [3.8, 4) is 0 Å². The number of likely N-dealkylation sites (tertiary alicyclic amines) is 1. The van der Waals surface area contributed by atoms with Crippen molar-refractivity contribution in [2.45, 2.75) is 31.7 Å². The summed E-state index contributed by atoms with van der Waals surface area (Å²) in [6, 6.07) is 0.212. The number of rotatable bonds is 1. The van der Waals surface area contributed by atoms with Gasteiger partial charge in [-0.3, -0.25) is 4.79 Å². The van der Waals surface area contributed by atoms with E-state index in [4.69, 9.17) is 5.73 Å². The Morgan fingerprint density at radius 1 is 1.16 bits per heavy atom. The molecule has 19 heavy (non-hydrogen) atoms. The fourth-order valence-electron chi connectivity index (χ4n) is 3.94. The van der Waals surface area contributed by atoms with Crippen LogP contribution in [0.5, 0.6) is 0 Å². The molecule has 1 aliphatic carbocycles. The van der Waals surface area contributed by atoms with E-state index in [0.29, 0.717) is 18.3 Å². The molecule has 2 aliphatic heterocycles. The topological polar surface area (TPSA) is 80.5 Å². The lowest BCUT2D eigenvalue weighted by Crippen LogP contribution is -2.39. The van der Waals surface area contributed by atoms with Crippen molar-refractivity contribution in [2.24, 2.45) is 23.5 Å². The second-order valence-electron chi connectivity index (χ2n) is 6.36. The van der Waals surface area contributed by atoms with Gasteiger partial charge in [0.15, 0.2) is 9.84 Å². The molecule has 0 radical (unpaired) electrons. The largest absolute Gasteiger partial charge is 0.342 e. The van der Waals surface area contributed by atoms with E-state index in [-0.39, 0.29) is 29.4 Å². The van der Waals surface area contributed by atoms with Gasteiger partial charge in [0.2, 0.25) is 5.91 Å². The number of carbonyl (C=O) groups excluding carboxylic acids is 1. The van der Waals surface area contributed by atoms with E-state index in [1.54, 1.807) is 0 Å². The minimum absolute atomic E-state index is 0.0441. The van der Waals surface area contributed by atoms with Crippen LogP contribution in [-0.4, -0.2) is 49.9 Å². The molecular weight excluding hydrogens is 264 g/mol. The van der Waals surface area contributed by atoms with Gasteiger partial charge < -0.3 is 10.6 Å². The minimum atomic E-state index is -2.98. The number of sulfone groups is 1. The van der Waals surface area contributed by atoms with Crippen molar-refractivity contribution in [3.05, 3.63) is 0 Å². The Hall–Kier alpha value is -0.620. The smallest absolute Gasteiger partial charge is 0.226 e. The maximum absolute atomic E-state index is 12.4. The van der Waals surface area contributed by atoms with Crippen LogP contribution in [0.25, 0.3) is 0 Å². The summed E-state index contributed by atoms with van der Waals surface area (Å²) in [4.78, 5) is 14.3. The summed E-state index contributed by atoms with van der Waals surface area (Å²) in [5.41, 5.74) is 6.14. The van der Waals surface area contributed by atoms with Crippen LogP contribution in [-0.2, 0) is 14.6 Å². The Morgan fingerprint density at radius 3 is 2.58 bits per heavy atom. The van der Waals surface area contributed by atoms with Crippen LogP contribution in [0.2, 0.25) is 0 Å². The number of hydrogen-bond donors (Lipinski definition) is 1. The van der Waals surface area contributed by atoms with Crippen LogP contribution in [0.4, 0.5) is 0 Å². The third-order valence-corrected chi connectivity index (χ3v) is 6.82. The maximum Gasteiger partial charge on any atom is 0.226 e. The van der Waals surface area contributed by atoms with Crippen molar-refractivity contribution >= 4 is 15.7 Å². The van der Waals surface area contributed by atoms with E-state index < -0.39 is 9.84 Å². The van der Waals surface area contributed by atoms with Gasteiger partial charge in [0, 0.05) is 19.1 Å². The molecule has 4 atom stereocenters. The van der Waals surface area contributed by atoms with Crippen molar-refractivity contribution in [2.75, 3.05) is 24.6 Å². The monoisotopic (exact) mass is 286 g/mol. The Bertz CT molecular complexity index is 476. The van der Waals surface area contributed by atoms with Crippen molar-refractivity contribution < 1.29 is 13.2 Å². The molecule has 108 valence electrons. The fourth-order valence-corrected chi connectivity index (χ4v) is 5.68. The van der Waals surface area contributed by atoms with Gasteiger partial charge in [0.1, 0.15) is 0 Å². The second kappa shape index (κ2) is 4.74. The average molecular weight is 286 g/mol. The zero-order chi connectivity index (χ0) is 13.6. The van der Waals surface area contributed by atoms with Gasteiger partial charge in [-0.2, -0.15) is 0 Å². The molecular formula is C13H22N2O3S. The number of carbonyl (C=O) groups is 1. The summed E-state index contributed by atoms with van der Waals surface area (Å²) in [6.45, 7) is 1.52. The number of amides is 1. The Morgan fingerprint density at radius 2 is 1.95 bits per heavy atom. The predicted octanol–water partition coefficient (Wildman–Crippen LogP) is 0.00690. The molecule has 0 aromatic carbocycles. The lowest BCUT2D eigenvalue weighted by Gasteiger charge is -2.29. The molecule has 0 spiro atoms. The third-order valence-electron chi connectivity index (χ3n) is 5.05. The highest BCUT2D eigenvalue weighted by Crippen LogP contribution is 2.36. The molecule has 2 heterocycles. The molecule has 2 N–H and O–H groups in total. The van der Waals surface area contributed by atoms with Crippen molar-refractivity contribution in [1.29, 1.82) is 0 Å². The van der Waals surface area contributed by atoms with E-state index in [0.717, 1.165) is 32.4 Å². The summed E-state index contributed by atoms with van der Waals surface area (Å²) >= 11 is 0. The Balaban J connectivity index is 1.66. The normalized spacial score (nSPS) is 41.2. The highest BCUT2D eigenvalue weighted by molar-refractivity contribution is 7.91. The zero-order valence-electron chi connectivity index (χ0n) is 11.1. The van der Waals surface area contributed by atoms with E-state index in [1.165, 1.54) is 0 Å². The van der Waals surface area contributed by atoms with E-state index in [9.17, 15) is 13.2 Å². The number of fused-ring (bicyclic) bond motifs is 1. The van der Waals surface area contributed by atoms with Crippen LogP contribution in [0.3, 0.4) is 0 Å². The molecule has 0 aromatic heterocycles. The molecule has 3 fully saturated rings. The Labute approximate surface area is 114 Å². The molecule has 1 amide bonds. The quantitative estimate of drug-likeness (QED) is 0.736. The van der Waals surface area contributed by atoms with Gasteiger partial charge in [-0.25, -0.2) is 8.42 Å². The number of nitrogens with zero attached hydrogens (tertiary/aromatic N) is 1. The molecule has 6 heteroatoms. The van der Waals surface area contributed by atoms with Crippen LogP contribution >= 0.6 is 0 Å². The molecule has 0 aromatic rings. The molecule has 5 nitrogen and oxygen atoms in total. The molecule has 3 rings (SSSR count). The fraction of sp³-hybridized carbons (Fsp3) is 0.923. The van der Waals surface area contributed by atoms with Gasteiger partial charge in [0.25, 0.3) is 0 Å². The van der Waals surface area contributed by atoms with Crippen LogP contribution in [0, 0.1) is 17.8 Å². The van der Waals surface area contributed by atoms with Crippen LogP contribution < -0.4 is 5.73 Å². The van der Waals surface area contributed by atoms with Crippen LogP contribution in [0.15, 0.2) is 0 Å². The van der Waals surface area contributed by atoms with E-state index in [2.05, 4.69) is 0 Å². The third kappa shape index (κ3) is 2.52. The lowest BCUT2D eigenvalue weighted by molar-refractivity contribution is -0.133. The van der Waals surface area contributed by atoms with Crippen molar-refractivity contribution in [1.82, 2.24) is 4.90 Å². The lowest BCUT2D eigenvalue weighted by atomic mass is 9.78. The van der Waals surface area contributed by atoms with E-state index >= 15 is 0 Å². The molecule has 1 saturated carbocycles. The molecule has 3 aliphatic rings. The summed E-state index contributed by atoms with van der Waals surface area (Å²) in [7, 11) is -2.98. The van der Waals surface area contributed by atoms with Gasteiger partial charge in [-0.1, -0.05) is 6.42 Å². The maximum atomic E-state index is 12.4. The standard InChI is InChI=1S/C13H22N2O3S/c14-12-3-1-2-9-6-15(7-11(9)12)13(16)10-4-5-19(17,18)8-10/h9-12H,1-8,14H2. The van der Waals surface area contributed by atoms with E-state index in [1.807, 2.05) is 4.90 Å². The first kappa shape index (κ1) is 13.4. The SMILES string of the molecule is NC1CCCC2CN(C(=O)C3CCS(=O)(=O)C3)CC12. The Kier molecular flexibility index (Phi) is 3.33. The van der Waals surface area contributed by atoms with Crippen LogP contribution in [0.1, 0.15) is 25.7 Å². The summed E-state index contributed by atoms with van der Waals surface area (Å²) in [6.07, 6.45) is 3.87. The second-order valence-corrected chi connectivity index (χ2v) is 8.59. The minimum Gasteiger partial charge on any atom is -0.342 e. The highest BCUT2D eigenvalue weighted by Gasteiger charge is 2.43. The zero-order valence-corrected chi connectivity index (χ0v) is 11.9. The molecule has 4 unspecified atom stereocenters. The number of hydrogen-bond acceptors (Lipinski definition) is 4.